The molecule has 0 bridgehead atoms. The molecular weight excluding hydrogens is 561 g/mol. The summed E-state index contributed by atoms with van der Waals surface area (Å²) in [4.78, 5) is 4.96. The van der Waals surface area contributed by atoms with Gasteiger partial charge in [-0.05, 0) is 0 Å². The zero-order chi connectivity index (χ0) is 26.3. The minimum absolute atomic E-state index is 0.226. The van der Waals surface area contributed by atoms with Gasteiger partial charge in [0.1, 0.15) is 0 Å². The molecular formula is C32H51N3OSn. The van der Waals surface area contributed by atoms with Crippen LogP contribution in [0.4, 0.5) is 11.4 Å². The average Bonchev–Trinajstić information content (AvgIpc) is 2.93. The number of nitrogens with zero attached hydrogens (tertiary/aromatic N) is 2. The van der Waals surface area contributed by atoms with E-state index in [2.05, 4.69) is 60.9 Å². The summed E-state index contributed by atoms with van der Waals surface area (Å²) in [6, 6.07) is 15.7. The molecule has 0 amide bonds. The third-order valence-corrected chi connectivity index (χ3v) is 25.0. The Kier molecular flexibility index (Phi) is 10.7. The molecule has 2 aromatic carbocycles. The van der Waals surface area contributed by atoms with Crippen molar-refractivity contribution in [3.05, 3.63) is 53.6 Å². The molecule has 1 fully saturated rings. The number of fused-ring (bicyclic) bond motifs is 1. The molecule has 2 atom stereocenters. The molecule has 4 rings (SSSR count). The summed E-state index contributed by atoms with van der Waals surface area (Å²) in [5.74, 6) is 0. The van der Waals surface area contributed by atoms with E-state index in [9.17, 15) is 5.11 Å². The van der Waals surface area contributed by atoms with Gasteiger partial charge in [0.15, 0.2) is 0 Å². The van der Waals surface area contributed by atoms with Gasteiger partial charge in [-0.15, -0.1) is 0 Å². The number of anilines is 2. The molecule has 2 aliphatic rings. The van der Waals surface area contributed by atoms with Crippen LogP contribution in [0.2, 0.25) is 13.3 Å². The topological polar surface area (TPSA) is 52.7 Å². The van der Waals surface area contributed by atoms with Gasteiger partial charge in [0, 0.05) is 0 Å². The molecule has 4 nitrogen and oxygen atoms in total. The molecule has 0 spiro atoms. The minimum atomic E-state index is -2.56. The number of benzene rings is 2. The first kappa shape index (κ1) is 28.8. The SMILES string of the molecule is CCC[CH2][Sn]([CH2]CCC)([CH2]CCC)[c]1cccc2c1C[C@@H](O)C(N1CCN(c3ccccc3N)CC1)C2. The van der Waals surface area contributed by atoms with Crippen molar-refractivity contribution in [1.29, 1.82) is 0 Å². The van der Waals surface area contributed by atoms with E-state index in [1.807, 2.05) is 12.1 Å². The Bertz CT molecular complexity index is 966. The van der Waals surface area contributed by atoms with Crippen molar-refractivity contribution in [2.24, 2.45) is 0 Å². The van der Waals surface area contributed by atoms with Gasteiger partial charge in [0.2, 0.25) is 0 Å². The van der Waals surface area contributed by atoms with Crippen molar-refractivity contribution in [2.45, 2.75) is 97.6 Å². The molecule has 2 aromatic rings. The summed E-state index contributed by atoms with van der Waals surface area (Å²) < 4.78 is 6.26. The maximum atomic E-state index is 11.6. The number of nitrogens with two attached hydrogens (primary N) is 1. The van der Waals surface area contributed by atoms with Gasteiger partial charge in [-0.3, -0.25) is 0 Å². The predicted octanol–water partition coefficient (Wildman–Crippen LogP) is 5.98. The first-order valence-corrected chi connectivity index (χ1v) is 22.6. The number of aliphatic hydroxyl groups excluding tert-OH is 1. The van der Waals surface area contributed by atoms with Gasteiger partial charge in [0.25, 0.3) is 0 Å². The van der Waals surface area contributed by atoms with E-state index < -0.39 is 18.4 Å². The molecule has 1 saturated heterocycles. The van der Waals surface area contributed by atoms with E-state index in [-0.39, 0.29) is 12.1 Å². The van der Waals surface area contributed by atoms with E-state index in [1.54, 1.807) is 9.14 Å². The fourth-order valence-corrected chi connectivity index (χ4v) is 24.2. The summed E-state index contributed by atoms with van der Waals surface area (Å²) >= 11 is -2.56. The van der Waals surface area contributed by atoms with Crippen LogP contribution in [-0.4, -0.2) is 66.7 Å². The van der Waals surface area contributed by atoms with E-state index in [4.69, 9.17) is 5.73 Å². The van der Waals surface area contributed by atoms with Crippen LogP contribution in [0.1, 0.15) is 70.4 Å². The summed E-state index contributed by atoms with van der Waals surface area (Å²) in [6.45, 7) is 11.0. The zero-order valence-electron chi connectivity index (χ0n) is 23.7. The summed E-state index contributed by atoms with van der Waals surface area (Å²) in [6.07, 6.45) is 9.64. The second-order valence-electron chi connectivity index (χ2n) is 11.7. The Morgan fingerprint density at radius 3 is 2.03 bits per heavy atom. The fraction of sp³-hybridized carbons (Fsp3) is 0.625. The van der Waals surface area contributed by atoms with Gasteiger partial charge >= 0.3 is 225 Å². The van der Waals surface area contributed by atoms with Crippen LogP contribution >= 0.6 is 0 Å². The number of para-hydroxylation sites is 2. The van der Waals surface area contributed by atoms with Crippen LogP contribution in [0, 0.1) is 0 Å². The van der Waals surface area contributed by atoms with E-state index in [1.165, 1.54) is 57.4 Å². The molecule has 0 radical (unpaired) electrons. The van der Waals surface area contributed by atoms with E-state index in [0.29, 0.717) is 0 Å². The summed E-state index contributed by atoms with van der Waals surface area (Å²) in [5, 5.41) is 11.6. The molecule has 0 saturated carbocycles. The Hall–Kier alpha value is -1.24. The molecule has 1 aliphatic heterocycles. The number of unbranched alkanes of at least 4 members (excludes halogenated alkanes) is 3. The van der Waals surface area contributed by atoms with Crippen molar-refractivity contribution in [3.8, 4) is 0 Å². The number of nitrogen functional groups attached to an aromatic ring is 1. The third-order valence-electron chi connectivity index (χ3n) is 9.22. The quantitative estimate of drug-likeness (QED) is 0.229. The van der Waals surface area contributed by atoms with Crippen LogP contribution in [-0.2, 0) is 12.8 Å². The molecule has 1 unspecified atom stereocenters. The second kappa shape index (κ2) is 13.7. The molecule has 5 heteroatoms. The fourth-order valence-electron chi connectivity index (χ4n) is 7.04. The first-order chi connectivity index (χ1) is 18.0. The molecule has 1 heterocycles. The van der Waals surface area contributed by atoms with Gasteiger partial charge < -0.3 is 0 Å². The van der Waals surface area contributed by atoms with Crippen LogP contribution in [0.3, 0.4) is 0 Å². The molecule has 0 aromatic heterocycles. The number of hydrogen-bond acceptors (Lipinski definition) is 4. The Labute approximate surface area is 230 Å². The van der Waals surface area contributed by atoms with Crippen molar-refractivity contribution in [1.82, 2.24) is 4.90 Å². The van der Waals surface area contributed by atoms with Gasteiger partial charge in [-0.1, -0.05) is 6.07 Å². The monoisotopic (exact) mass is 613 g/mol. The van der Waals surface area contributed by atoms with E-state index >= 15 is 0 Å². The first-order valence-electron chi connectivity index (χ1n) is 15.2. The zero-order valence-corrected chi connectivity index (χ0v) is 26.6. The molecule has 3 N–H and O–H groups in total. The Morgan fingerprint density at radius 1 is 0.811 bits per heavy atom. The Balaban J connectivity index is 1.54. The normalized spacial score (nSPS) is 20.7. The average molecular weight is 612 g/mol. The number of hydrogen-bond donors (Lipinski definition) is 2. The Morgan fingerprint density at radius 2 is 1.43 bits per heavy atom. The van der Waals surface area contributed by atoms with Crippen LogP contribution < -0.4 is 14.2 Å². The van der Waals surface area contributed by atoms with Crippen LogP contribution in [0.15, 0.2) is 42.5 Å². The van der Waals surface area contributed by atoms with Crippen molar-refractivity contribution in [2.75, 3.05) is 36.8 Å². The summed E-state index contributed by atoms with van der Waals surface area (Å²) in [7, 11) is 0. The van der Waals surface area contributed by atoms with Crippen LogP contribution in [0.5, 0.6) is 0 Å². The molecule has 37 heavy (non-hydrogen) atoms. The standard InChI is InChI=1S/C20H24N3O.3C4H9.Sn/c21-17-7-3-4-8-18(17)22-9-11-23(12-10-22)19-13-15-5-1-2-6-16(15)14-20(19)24;3*1-3-4-2;/h1-5,7-8,19-20,24H,9-14,21H2;3*1,3-4H2,2H3;/t19?,20-;;;;/m1..../s1. The van der Waals surface area contributed by atoms with Gasteiger partial charge in [0.05, 0.1) is 0 Å². The van der Waals surface area contributed by atoms with Crippen LogP contribution in [0.25, 0.3) is 0 Å². The molecule has 1 aliphatic carbocycles. The molecule has 204 valence electrons. The van der Waals surface area contributed by atoms with Crippen molar-refractivity contribution < 1.29 is 5.11 Å². The van der Waals surface area contributed by atoms with Gasteiger partial charge in [-0.25, -0.2) is 0 Å². The van der Waals surface area contributed by atoms with Gasteiger partial charge in [-0.2, -0.15) is 0 Å². The number of aliphatic hydroxyl groups is 1. The van der Waals surface area contributed by atoms with Crippen molar-refractivity contribution >= 4 is 33.3 Å². The maximum absolute atomic E-state index is 11.6. The number of rotatable bonds is 12. The second-order valence-corrected chi connectivity index (χ2v) is 24.8. The number of piperazine rings is 1. The third kappa shape index (κ3) is 6.67. The summed E-state index contributed by atoms with van der Waals surface area (Å²) in [5.41, 5.74) is 11.4. The van der Waals surface area contributed by atoms with E-state index in [0.717, 1.165) is 50.4 Å². The predicted molar refractivity (Wildman–Crippen MR) is 163 cm³/mol. The van der Waals surface area contributed by atoms with Crippen molar-refractivity contribution in [3.63, 3.8) is 0 Å².